The zero-order chi connectivity index (χ0) is 16.1. The lowest BCUT2D eigenvalue weighted by atomic mass is 9.99. The van der Waals surface area contributed by atoms with Crippen LogP contribution in [0, 0.1) is 16.0 Å². The Labute approximate surface area is 133 Å². The normalized spacial score (nSPS) is 18.9. The molecule has 1 amide bonds. The first-order valence-electron chi connectivity index (χ1n) is 7.06. The molecule has 1 aliphatic rings. The van der Waals surface area contributed by atoms with Gasteiger partial charge in [0.05, 0.1) is 11.5 Å². The molecular formula is C14H18ClN3O4. The van der Waals surface area contributed by atoms with Crippen LogP contribution < -0.4 is 5.32 Å². The van der Waals surface area contributed by atoms with Crippen molar-refractivity contribution in [3.63, 3.8) is 0 Å². The monoisotopic (exact) mass is 327 g/mol. The van der Waals surface area contributed by atoms with Gasteiger partial charge in [-0.2, -0.15) is 0 Å². The third-order valence-electron chi connectivity index (χ3n) is 3.66. The summed E-state index contributed by atoms with van der Waals surface area (Å²) in [7, 11) is 0. The van der Waals surface area contributed by atoms with Gasteiger partial charge < -0.3 is 10.4 Å². The number of hydrogen-bond donors (Lipinski definition) is 2. The summed E-state index contributed by atoms with van der Waals surface area (Å²) in [6, 6.07) is 4.16. The van der Waals surface area contributed by atoms with Crippen molar-refractivity contribution in [2.45, 2.75) is 12.8 Å². The minimum Gasteiger partial charge on any atom is -0.396 e. The summed E-state index contributed by atoms with van der Waals surface area (Å²) in [5.41, 5.74) is 0.106. The fraction of sp³-hybridized carbons (Fsp3) is 0.500. The van der Waals surface area contributed by atoms with Gasteiger partial charge in [-0.25, -0.2) is 0 Å². The lowest BCUT2D eigenvalue weighted by molar-refractivity contribution is -0.384. The van der Waals surface area contributed by atoms with Gasteiger partial charge in [0, 0.05) is 24.9 Å². The van der Waals surface area contributed by atoms with Crippen LogP contribution in [0.25, 0.3) is 0 Å². The molecule has 0 spiro atoms. The van der Waals surface area contributed by atoms with Gasteiger partial charge in [0.1, 0.15) is 5.02 Å². The van der Waals surface area contributed by atoms with E-state index < -0.39 is 4.92 Å². The highest BCUT2D eigenvalue weighted by molar-refractivity contribution is 6.32. The van der Waals surface area contributed by atoms with Crippen molar-refractivity contribution in [2.75, 3.05) is 31.6 Å². The van der Waals surface area contributed by atoms with Gasteiger partial charge in [-0.1, -0.05) is 11.6 Å². The number of nitro groups is 1. The fourth-order valence-corrected chi connectivity index (χ4v) is 2.76. The molecule has 0 radical (unpaired) electrons. The molecule has 0 aromatic heterocycles. The third kappa shape index (κ3) is 4.40. The van der Waals surface area contributed by atoms with Crippen molar-refractivity contribution in [1.82, 2.24) is 4.90 Å². The predicted octanol–water partition coefficient (Wildman–Crippen LogP) is 1.89. The van der Waals surface area contributed by atoms with E-state index in [0.29, 0.717) is 12.2 Å². The number of aliphatic hydroxyl groups excluding tert-OH is 1. The number of hydrogen-bond acceptors (Lipinski definition) is 5. The predicted molar refractivity (Wildman–Crippen MR) is 83.0 cm³/mol. The van der Waals surface area contributed by atoms with E-state index in [2.05, 4.69) is 5.32 Å². The van der Waals surface area contributed by atoms with Crippen LogP contribution in [0.2, 0.25) is 5.02 Å². The zero-order valence-corrected chi connectivity index (χ0v) is 12.8. The Kier molecular flexibility index (Phi) is 5.70. The average molecular weight is 328 g/mol. The van der Waals surface area contributed by atoms with Crippen LogP contribution in [0.3, 0.4) is 0 Å². The summed E-state index contributed by atoms with van der Waals surface area (Å²) >= 11 is 5.73. The fourth-order valence-electron chi connectivity index (χ4n) is 2.58. The Hall–Kier alpha value is -1.70. The van der Waals surface area contributed by atoms with Crippen molar-refractivity contribution < 1.29 is 14.8 Å². The highest BCUT2D eigenvalue weighted by Crippen LogP contribution is 2.27. The van der Waals surface area contributed by atoms with Crippen molar-refractivity contribution in [1.29, 1.82) is 0 Å². The molecule has 0 bridgehead atoms. The van der Waals surface area contributed by atoms with E-state index in [0.717, 1.165) is 19.4 Å². The Morgan fingerprint density at radius 1 is 1.55 bits per heavy atom. The van der Waals surface area contributed by atoms with Gasteiger partial charge in [-0.15, -0.1) is 0 Å². The van der Waals surface area contributed by atoms with E-state index in [-0.39, 0.29) is 35.7 Å². The van der Waals surface area contributed by atoms with Gasteiger partial charge in [-0.3, -0.25) is 19.8 Å². The van der Waals surface area contributed by atoms with Crippen LogP contribution in [0.1, 0.15) is 12.8 Å². The second kappa shape index (κ2) is 7.53. The molecule has 2 N–H and O–H groups in total. The summed E-state index contributed by atoms with van der Waals surface area (Å²) in [6.45, 7) is 1.82. The summed E-state index contributed by atoms with van der Waals surface area (Å²) in [5, 5.41) is 22.7. The van der Waals surface area contributed by atoms with Gasteiger partial charge >= 0.3 is 0 Å². The molecule has 1 aromatic carbocycles. The minimum atomic E-state index is -0.589. The molecule has 1 fully saturated rings. The van der Waals surface area contributed by atoms with E-state index in [9.17, 15) is 20.0 Å². The first-order chi connectivity index (χ1) is 10.5. The van der Waals surface area contributed by atoms with Crippen LogP contribution in [0.5, 0.6) is 0 Å². The van der Waals surface area contributed by atoms with Crippen molar-refractivity contribution in [3.8, 4) is 0 Å². The third-order valence-corrected chi connectivity index (χ3v) is 3.97. The number of piperidine rings is 1. The van der Waals surface area contributed by atoms with E-state index in [1.54, 1.807) is 0 Å². The van der Waals surface area contributed by atoms with Crippen LogP contribution in [-0.4, -0.2) is 47.1 Å². The summed E-state index contributed by atoms with van der Waals surface area (Å²) < 4.78 is 0. The van der Waals surface area contributed by atoms with Gasteiger partial charge in [0.2, 0.25) is 5.91 Å². The molecule has 22 heavy (non-hydrogen) atoms. The second-order valence-corrected chi connectivity index (χ2v) is 5.80. The topological polar surface area (TPSA) is 95.7 Å². The smallest absolute Gasteiger partial charge is 0.289 e. The number of nitrogens with zero attached hydrogens (tertiary/aromatic N) is 2. The minimum absolute atomic E-state index is 0.0322. The Bertz CT molecular complexity index is 567. The molecule has 1 heterocycles. The second-order valence-electron chi connectivity index (χ2n) is 5.40. The first-order valence-corrected chi connectivity index (χ1v) is 7.44. The standard InChI is InChI=1S/C14H18ClN3O4/c15-12-4-3-11(6-13(12)18(21)22)16-14(20)8-17-5-1-2-10(7-17)9-19/h3-4,6,10,19H,1-2,5,7-9H2,(H,16,20). The Morgan fingerprint density at radius 2 is 2.32 bits per heavy atom. The molecule has 0 saturated carbocycles. The zero-order valence-electron chi connectivity index (χ0n) is 12.0. The number of rotatable bonds is 5. The van der Waals surface area contributed by atoms with Gasteiger partial charge in [-0.05, 0) is 37.4 Å². The van der Waals surface area contributed by atoms with Crippen molar-refractivity contribution in [2.24, 2.45) is 5.92 Å². The maximum absolute atomic E-state index is 12.0. The lowest BCUT2D eigenvalue weighted by Crippen LogP contribution is -2.41. The average Bonchev–Trinajstić information content (AvgIpc) is 2.49. The molecule has 1 saturated heterocycles. The van der Waals surface area contributed by atoms with Crippen molar-refractivity contribution >= 4 is 28.9 Å². The molecule has 7 nitrogen and oxygen atoms in total. The number of aliphatic hydroxyl groups is 1. The largest absolute Gasteiger partial charge is 0.396 e. The number of amides is 1. The van der Waals surface area contributed by atoms with Crippen molar-refractivity contribution in [3.05, 3.63) is 33.3 Å². The quantitative estimate of drug-likeness (QED) is 0.636. The van der Waals surface area contributed by atoms with E-state index in [4.69, 9.17) is 11.6 Å². The molecule has 120 valence electrons. The van der Waals surface area contributed by atoms with E-state index in [1.807, 2.05) is 4.90 Å². The van der Waals surface area contributed by atoms with Crippen LogP contribution in [0.15, 0.2) is 18.2 Å². The highest BCUT2D eigenvalue weighted by atomic mass is 35.5. The summed E-state index contributed by atoms with van der Waals surface area (Å²) in [4.78, 5) is 24.2. The van der Waals surface area contributed by atoms with Gasteiger partial charge in [0.25, 0.3) is 5.69 Å². The molecule has 1 aliphatic heterocycles. The summed E-state index contributed by atoms with van der Waals surface area (Å²) in [5.74, 6) is -0.0339. The number of nitrogens with one attached hydrogen (secondary N) is 1. The Morgan fingerprint density at radius 3 is 3.00 bits per heavy atom. The maximum Gasteiger partial charge on any atom is 0.289 e. The SMILES string of the molecule is O=C(CN1CCCC(CO)C1)Nc1ccc(Cl)c([N+](=O)[O-])c1. The lowest BCUT2D eigenvalue weighted by Gasteiger charge is -2.31. The molecule has 1 aromatic rings. The summed E-state index contributed by atoms with van der Waals surface area (Å²) in [6.07, 6.45) is 1.92. The number of carbonyl (C=O) groups is 1. The van der Waals surface area contributed by atoms with E-state index >= 15 is 0 Å². The molecule has 0 aliphatic carbocycles. The van der Waals surface area contributed by atoms with Crippen LogP contribution in [-0.2, 0) is 4.79 Å². The number of halogens is 1. The molecule has 8 heteroatoms. The molecule has 1 unspecified atom stereocenters. The molecule has 1 atom stereocenters. The first kappa shape index (κ1) is 16.7. The number of carbonyl (C=O) groups excluding carboxylic acids is 1. The number of likely N-dealkylation sites (tertiary alicyclic amines) is 1. The number of anilines is 1. The Balaban J connectivity index is 1.94. The number of nitro benzene ring substituents is 1. The van der Waals surface area contributed by atoms with Crippen LogP contribution >= 0.6 is 11.6 Å². The van der Waals surface area contributed by atoms with Gasteiger partial charge in [0.15, 0.2) is 0 Å². The highest BCUT2D eigenvalue weighted by Gasteiger charge is 2.21. The van der Waals surface area contributed by atoms with E-state index in [1.165, 1.54) is 18.2 Å². The molecular weight excluding hydrogens is 310 g/mol. The maximum atomic E-state index is 12.0. The molecule has 2 rings (SSSR count). The number of benzene rings is 1. The van der Waals surface area contributed by atoms with Crippen LogP contribution in [0.4, 0.5) is 11.4 Å².